The van der Waals surface area contributed by atoms with Gasteiger partial charge in [0.15, 0.2) is 0 Å². The molecule has 2 rings (SSSR count). The van der Waals surface area contributed by atoms with Crippen molar-refractivity contribution >= 4 is 68.1 Å². The Hall–Kier alpha value is -1.59. The molecule has 0 bridgehead atoms. The Kier molecular flexibility index (Phi) is 28.6. The number of rotatable bonds is 5. The average Bonchev–Trinajstić information content (AvgIpc) is 2.81. The lowest BCUT2D eigenvalue weighted by molar-refractivity contribution is -0.130. The highest BCUT2D eigenvalue weighted by Crippen LogP contribution is 2.26. The molecule has 0 aromatic heterocycles. The summed E-state index contributed by atoms with van der Waals surface area (Å²) in [5.41, 5.74) is 10.8. The van der Waals surface area contributed by atoms with Crippen molar-refractivity contribution in [1.29, 1.82) is 0 Å². The summed E-state index contributed by atoms with van der Waals surface area (Å²) < 4.78 is 6.31. The second-order valence-corrected chi connectivity index (χ2v) is 8.92. The molecule has 2 aliphatic rings. The fourth-order valence-corrected chi connectivity index (χ4v) is 2.35. The van der Waals surface area contributed by atoms with Crippen LogP contribution >= 0.6 is 34.8 Å². The maximum Gasteiger partial charge on any atom is 0.230 e. The first-order valence-electron chi connectivity index (χ1n) is 12.1. The van der Waals surface area contributed by atoms with E-state index in [4.69, 9.17) is 36.0 Å². The highest BCUT2D eigenvalue weighted by Gasteiger charge is 2.28. The molecule has 0 saturated heterocycles. The van der Waals surface area contributed by atoms with Crippen LogP contribution in [0.15, 0.2) is 0 Å². The smallest absolute Gasteiger partial charge is 0.230 e. The molecule has 13 heteroatoms. The molecule has 0 aromatic rings. The van der Waals surface area contributed by atoms with Gasteiger partial charge in [-0.2, -0.15) is 0 Å². The monoisotopic (exact) mass is 577 g/mol. The number of halogens is 3. The van der Waals surface area contributed by atoms with E-state index in [2.05, 4.69) is 29.2 Å². The third-order valence-electron chi connectivity index (χ3n) is 4.23. The van der Waals surface area contributed by atoms with Crippen LogP contribution in [-0.4, -0.2) is 58.5 Å². The zero-order chi connectivity index (χ0) is 30.1. The summed E-state index contributed by atoms with van der Waals surface area (Å²) >= 11 is 14.1. The van der Waals surface area contributed by atoms with Gasteiger partial charge < -0.3 is 26.9 Å². The Morgan fingerprint density at radius 3 is 1.36 bits per heavy atom. The molecule has 4 atom stereocenters. The topological polar surface area (TPSA) is 179 Å². The number of amides is 2. The molecule has 0 aliphatic heterocycles. The van der Waals surface area contributed by atoms with Crippen molar-refractivity contribution in [3.63, 3.8) is 0 Å². The minimum Gasteiger partial charge on any atom is -0.359 e. The predicted octanol–water partition coefficient (Wildman–Crippen LogP) is 2.77. The minimum absolute atomic E-state index is 0.0558. The van der Waals surface area contributed by atoms with Gasteiger partial charge in [-0.15, -0.1) is 0 Å². The van der Waals surface area contributed by atoms with Gasteiger partial charge in [0.2, 0.25) is 27.5 Å². The van der Waals surface area contributed by atoms with Crippen molar-refractivity contribution in [2.45, 2.75) is 98.2 Å². The van der Waals surface area contributed by atoms with E-state index in [0.717, 1.165) is 19.3 Å². The molecule has 4 unspecified atom stereocenters. The Bertz CT molecular complexity index is 677. The zero-order valence-corrected chi connectivity index (χ0v) is 24.3. The first-order valence-corrected chi connectivity index (χ1v) is 12.5. The summed E-state index contributed by atoms with van der Waals surface area (Å²) in [7, 11) is 1.53. The number of hydrogen-bond donors (Lipinski definition) is 4. The van der Waals surface area contributed by atoms with Gasteiger partial charge in [0.1, 0.15) is 12.2 Å². The van der Waals surface area contributed by atoms with Crippen LogP contribution in [0.1, 0.15) is 81.4 Å². The van der Waals surface area contributed by atoms with E-state index in [1.165, 1.54) is 27.3 Å². The van der Waals surface area contributed by atoms with E-state index in [0.29, 0.717) is 18.0 Å². The van der Waals surface area contributed by atoms with E-state index in [1.54, 1.807) is 0 Å². The molecular formula is C23H43Cl3N4O6. The van der Waals surface area contributed by atoms with Gasteiger partial charge in [-0.25, -0.2) is 0 Å². The van der Waals surface area contributed by atoms with Crippen molar-refractivity contribution in [3.8, 4) is 0 Å². The van der Waals surface area contributed by atoms with E-state index in [1.807, 2.05) is 13.8 Å². The molecule has 0 spiro atoms. The normalized spacial score (nSPS) is 20.5. The van der Waals surface area contributed by atoms with Gasteiger partial charge >= 0.3 is 0 Å². The van der Waals surface area contributed by atoms with Gasteiger partial charge in [0.25, 0.3) is 0 Å². The lowest BCUT2D eigenvalue weighted by Crippen LogP contribution is -2.49. The van der Waals surface area contributed by atoms with Gasteiger partial charge in [-0.05, 0) is 80.2 Å². The van der Waals surface area contributed by atoms with Gasteiger partial charge in [-0.3, -0.25) is 24.0 Å². The number of nitrogens with one attached hydrogen (secondary N) is 2. The van der Waals surface area contributed by atoms with Crippen molar-refractivity contribution in [1.82, 2.24) is 10.6 Å². The minimum atomic E-state index is -0.722. The first kappa shape index (κ1) is 38.9. The zero-order valence-electron chi connectivity index (χ0n) is 23.0. The molecule has 0 aromatic carbocycles. The predicted molar refractivity (Wildman–Crippen MR) is 145 cm³/mol. The van der Waals surface area contributed by atoms with Gasteiger partial charge in [0.05, 0.1) is 6.42 Å². The first-order chi connectivity index (χ1) is 17.1. The summed E-state index contributed by atoms with van der Waals surface area (Å²) in [5, 5.41) is 3.44. The summed E-state index contributed by atoms with van der Waals surface area (Å²) in [6, 6.07) is 0.909. The molecule has 6 N–H and O–H groups in total. The van der Waals surface area contributed by atoms with E-state index >= 15 is 0 Å². The Balaban J connectivity index is -0.000000195. The standard InChI is InChI=1S/C9H16N2O2.C4H10N2.C3H2Cl2O2.C3H6O.C2H3ClO.C2H6/c1-6-3-4-7(6)11-9(13)5-8(12)10-2;5-3-1-2-4(3)6;4-2(6)1-3(5)7;1-3(2)4;1-2(3)4;1-2/h6-7H,3-5H2,1-2H3,(H,10,12)(H,11,13);3-4H,1-2,5-6H2;1H2;1-2H3;1H3;1-2H3/i;;;1D;;. The summed E-state index contributed by atoms with van der Waals surface area (Å²) in [6.07, 6.45) is 4.02. The highest BCUT2D eigenvalue weighted by atomic mass is 35.5. The molecule has 36 heavy (non-hydrogen) atoms. The maximum absolute atomic E-state index is 11.2. The van der Waals surface area contributed by atoms with E-state index in [9.17, 15) is 28.8 Å². The van der Waals surface area contributed by atoms with Crippen LogP contribution in [0.25, 0.3) is 0 Å². The van der Waals surface area contributed by atoms with Crippen LogP contribution in [0.2, 0.25) is 0 Å². The number of nitrogens with two attached hydrogens (primary N) is 2. The summed E-state index contributed by atoms with van der Waals surface area (Å²) in [4.78, 5) is 60.3. The van der Waals surface area contributed by atoms with Crippen LogP contribution in [0.5, 0.6) is 0 Å². The molecule has 0 radical (unpaired) electrons. The van der Waals surface area contributed by atoms with Crippen LogP contribution in [0, 0.1) is 5.92 Å². The number of hydrogen-bond acceptors (Lipinski definition) is 8. The van der Waals surface area contributed by atoms with Gasteiger partial charge in [0, 0.05) is 33.5 Å². The fraction of sp³-hybridized carbons (Fsp3) is 0.739. The molecule has 0 heterocycles. The highest BCUT2D eigenvalue weighted by molar-refractivity contribution is 6.72. The van der Waals surface area contributed by atoms with Crippen molar-refractivity contribution in [3.05, 3.63) is 0 Å². The maximum atomic E-state index is 11.2. The SMILES string of the molecule is CC.CC(=O)Cl.CNC(=O)CC(=O)NC1CCC1C.NC1CCC1N.O=C(Cl)CC(=O)Cl.[2H]CC(C)=O. The lowest BCUT2D eigenvalue weighted by atomic mass is 9.81. The second-order valence-electron chi connectivity index (χ2n) is 7.54. The molecule has 2 fully saturated rings. The number of Topliss-reactive ketones (excluding diaryl/α,β-unsaturated/α-hetero) is 1. The largest absolute Gasteiger partial charge is 0.359 e. The quantitative estimate of drug-likeness (QED) is 0.284. The molecule has 2 amide bonds. The van der Waals surface area contributed by atoms with Crippen molar-refractivity contribution in [2.75, 3.05) is 7.05 Å². The number of carbonyl (C=O) groups is 6. The van der Waals surface area contributed by atoms with E-state index in [-0.39, 0.29) is 48.6 Å². The average molecular weight is 579 g/mol. The van der Waals surface area contributed by atoms with Crippen LogP contribution in [0.3, 0.4) is 0 Å². The Morgan fingerprint density at radius 2 is 1.22 bits per heavy atom. The number of ketones is 1. The Morgan fingerprint density at radius 1 is 0.833 bits per heavy atom. The fourth-order valence-electron chi connectivity index (χ4n) is 2.03. The lowest BCUT2D eigenvalue weighted by Gasteiger charge is -2.34. The van der Waals surface area contributed by atoms with E-state index < -0.39 is 10.5 Å². The molecule has 10 nitrogen and oxygen atoms in total. The molecule has 2 aliphatic carbocycles. The second kappa shape index (κ2) is 26.5. The molecule has 2 saturated carbocycles. The summed E-state index contributed by atoms with van der Waals surface area (Å²) in [5.74, 6) is 0.0824. The van der Waals surface area contributed by atoms with Crippen molar-refractivity contribution in [2.24, 2.45) is 17.4 Å². The third-order valence-corrected chi connectivity index (χ3v) is 4.49. The van der Waals surface area contributed by atoms with Crippen LogP contribution in [0.4, 0.5) is 0 Å². The third kappa shape index (κ3) is 34.6. The number of carbonyl (C=O) groups excluding carboxylic acids is 6. The Labute approximate surface area is 231 Å². The molecular weight excluding hydrogens is 535 g/mol. The van der Waals surface area contributed by atoms with Crippen LogP contribution < -0.4 is 22.1 Å². The molecule has 212 valence electrons. The van der Waals surface area contributed by atoms with Gasteiger partial charge in [-0.1, -0.05) is 20.8 Å². The van der Waals surface area contributed by atoms with Crippen molar-refractivity contribution < 1.29 is 30.1 Å². The summed E-state index contributed by atoms with van der Waals surface area (Å²) in [6.45, 7) is 8.71. The van der Waals surface area contributed by atoms with Crippen LogP contribution in [-0.2, 0) is 28.8 Å².